The highest BCUT2D eigenvalue weighted by Gasteiger charge is 2.20. The third-order valence-corrected chi connectivity index (χ3v) is 8.11. The van der Waals surface area contributed by atoms with Crippen LogP contribution in [0, 0.1) is 35.3 Å². The predicted molar refractivity (Wildman–Crippen MR) is 148 cm³/mol. The molecule has 0 bridgehead atoms. The molecule has 3 aromatic carbocycles. The summed E-state index contributed by atoms with van der Waals surface area (Å²) in [4.78, 5) is 0. The number of hydrogen-bond donors (Lipinski definition) is 0. The lowest BCUT2D eigenvalue weighted by molar-refractivity contribution is 0.249. The summed E-state index contributed by atoms with van der Waals surface area (Å²) in [5.74, 6) is 6.60. The van der Waals surface area contributed by atoms with Gasteiger partial charge in [0.25, 0.3) is 0 Å². The zero-order chi connectivity index (χ0) is 25.3. The zero-order valence-corrected chi connectivity index (χ0v) is 22.1. The molecule has 4 rings (SSSR count). The van der Waals surface area contributed by atoms with Crippen LogP contribution in [0.5, 0.6) is 0 Å². The maximum atomic E-state index is 15.1. The maximum Gasteiger partial charge on any atom is 0.146 e. The van der Waals surface area contributed by atoms with Gasteiger partial charge in [0.1, 0.15) is 11.6 Å². The van der Waals surface area contributed by atoms with Gasteiger partial charge < -0.3 is 0 Å². The summed E-state index contributed by atoms with van der Waals surface area (Å²) in [7, 11) is 0. The summed E-state index contributed by atoms with van der Waals surface area (Å²) in [5.41, 5.74) is 2.05. The number of fused-ring (bicyclic) bond motifs is 1. The van der Waals surface area contributed by atoms with Crippen LogP contribution in [0.1, 0.15) is 94.2 Å². The zero-order valence-electron chi connectivity index (χ0n) is 21.4. The van der Waals surface area contributed by atoms with Gasteiger partial charge in [-0.05, 0) is 59.9 Å². The highest BCUT2D eigenvalue weighted by atomic mass is 35.5. The summed E-state index contributed by atoms with van der Waals surface area (Å²) >= 11 is 5.72. The van der Waals surface area contributed by atoms with Crippen molar-refractivity contribution in [1.82, 2.24) is 0 Å². The quantitative estimate of drug-likeness (QED) is 0.200. The molecule has 0 saturated heterocycles. The van der Waals surface area contributed by atoms with Gasteiger partial charge in [-0.3, -0.25) is 0 Å². The van der Waals surface area contributed by atoms with Gasteiger partial charge in [-0.2, -0.15) is 0 Å². The average molecular weight is 507 g/mol. The van der Waals surface area contributed by atoms with E-state index in [0.29, 0.717) is 16.5 Å². The summed E-state index contributed by atoms with van der Waals surface area (Å²) in [6.07, 6.45) is 16.1. The van der Waals surface area contributed by atoms with E-state index in [4.69, 9.17) is 11.6 Å². The van der Waals surface area contributed by atoms with Crippen LogP contribution in [0.25, 0.3) is 10.8 Å². The van der Waals surface area contributed by atoms with Crippen LogP contribution in [-0.2, 0) is 6.42 Å². The number of aryl methyl sites for hydroxylation is 1. The Morgan fingerprint density at radius 1 is 0.806 bits per heavy atom. The van der Waals surface area contributed by atoms with Crippen molar-refractivity contribution in [3.63, 3.8) is 0 Å². The monoisotopic (exact) mass is 506 g/mol. The number of benzene rings is 3. The molecule has 0 nitrogen and oxygen atoms in total. The predicted octanol–water partition coefficient (Wildman–Crippen LogP) is 10.3. The minimum absolute atomic E-state index is 0.0501. The molecule has 0 aromatic heterocycles. The van der Waals surface area contributed by atoms with E-state index in [2.05, 4.69) is 30.9 Å². The molecular formula is C33H37ClF2. The Hall–Kier alpha value is -2.37. The molecule has 0 unspecified atom stereocenters. The molecule has 36 heavy (non-hydrogen) atoms. The lowest BCUT2D eigenvalue weighted by Gasteiger charge is -2.28. The molecular weight excluding hydrogens is 470 g/mol. The van der Waals surface area contributed by atoms with E-state index in [-0.39, 0.29) is 10.8 Å². The average Bonchev–Trinajstić information content (AvgIpc) is 2.89. The molecule has 0 radical (unpaired) electrons. The molecule has 3 heteroatoms. The third kappa shape index (κ3) is 7.33. The Morgan fingerprint density at radius 3 is 2.31 bits per heavy atom. The van der Waals surface area contributed by atoms with E-state index in [1.807, 2.05) is 12.1 Å². The SMILES string of the molecule is CCCCCCCC1CCC(CCc2ccc3c(F)c(C#Cc4ccc(Cl)c(F)c4)ccc3c2)CC1. The highest BCUT2D eigenvalue weighted by molar-refractivity contribution is 6.30. The van der Waals surface area contributed by atoms with Crippen molar-refractivity contribution < 1.29 is 8.78 Å². The van der Waals surface area contributed by atoms with Crippen LogP contribution in [0.2, 0.25) is 5.02 Å². The van der Waals surface area contributed by atoms with Crippen LogP contribution >= 0.6 is 11.6 Å². The number of hydrogen-bond acceptors (Lipinski definition) is 0. The van der Waals surface area contributed by atoms with Crippen LogP contribution in [0.4, 0.5) is 8.78 Å². The van der Waals surface area contributed by atoms with E-state index >= 15 is 4.39 Å². The van der Waals surface area contributed by atoms with E-state index in [9.17, 15) is 4.39 Å². The van der Waals surface area contributed by atoms with Crippen LogP contribution in [0.3, 0.4) is 0 Å². The van der Waals surface area contributed by atoms with Gasteiger partial charge in [0, 0.05) is 10.9 Å². The van der Waals surface area contributed by atoms with Crippen molar-refractivity contribution >= 4 is 22.4 Å². The van der Waals surface area contributed by atoms with Gasteiger partial charge >= 0.3 is 0 Å². The fraction of sp³-hybridized carbons (Fsp3) is 0.455. The lowest BCUT2D eigenvalue weighted by Crippen LogP contribution is -2.15. The van der Waals surface area contributed by atoms with Crippen LogP contribution in [-0.4, -0.2) is 0 Å². The Labute approximate surface area is 220 Å². The second-order valence-corrected chi connectivity index (χ2v) is 10.9. The first-order valence-electron chi connectivity index (χ1n) is 13.7. The number of rotatable bonds is 9. The number of unbranched alkanes of at least 4 members (excludes halogenated alkanes) is 4. The van der Waals surface area contributed by atoms with Gasteiger partial charge in [-0.1, -0.05) is 119 Å². The first-order chi connectivity index (χ1) is 17.5. The second kappa shape index (κ2) is 13.3. The fourth-order valence-electron chi connectivity index (χ4n) is 5.52. The third-order valence-electron chi connectivity index (χ3n) is 7.80. The van der Waals surface area contributed by atoms with Crippen LogP contribution < -0.4 is 0 Å². The molecule has 0 atom stereocenters. The Kier molecular flexibility index (Phi) is 9.82. The minimum Gasteiger partial charge on any atom is -0.205 e. The van der Waals surface area contributed by atoms with E-state index in [0.717, 1.165) is 23.6 Å². The molecule has 3 aromatic rings. The van der Waals surface area contributed by atoms with Gasteiger partial charge in [0.05, 0.1) is 10.6 Å². The summed E-state index contributed by atoms with van der Waals surface area (Å²) < 4.78 is 28.7. The molecule has 1 fully saturated rings. The summed E-state index contributed by atoms with van der Waals surface area (Å²) in [6, 6.07) is 14.0. The molecule has 1 aliphatic rings. The smallest absolute Gasteiger partial charge is 0.146 e. The molecule has 190 valence electrons. The van der Waals surface area contributed by atoms with Crippen molar-refractivity contribution in [2.24, 2.45) is 11.8 Å². The molecule has 0 spiro atoms. The van der Waals surface area contributed by atoms with Crippen molar-refractivity contribution in [2.45, 2.75) is 84.0 Å². The normalized spacial score (nSPS) is 17.7. The first kappa shape index (κ1) is 26.7. The van der Waals surface area contributed by atoms with Gasteiger partial charge in [0.15, 0.2) is 0 Å². The van der Waals surface area contributed by atoms with Crippen molar-refractivity contribution in [1.29, 1.82) is 0 Å². The van der Waals surface area contributed by atoms with Crippen molar-refractivity contribution in [3.05, 3.63) is 81.9 Å². The second-order valence-electron chi connectivity index (χ2n) is 10.5. The summed E-state index contributed by atoms with van der Waals surface area (Å²) in [6.45, 7) is 2.28. The molecule has 0 amide bonds. The Morgan fingerprint density at radius 2 is 1.56 bits per heavy atom. The van der Waals surface area contributed by atoms with Crippen molar-refractivity contribution in [3.8, 4) is 11.8 Å². The first-order valence-corrected chi connectivity index (χ1v) is 14.1. The summed E-state index contributed by atoms with van der Waals surface area (Å²) in [5, 5.41) is 1.53. The molecule has 0 N–H and O–H groups in total. The van der Waals surface area contributed by atoms with Crippen LogP contribution in [0.15, 0.2) is 48.5 Å². The van der Waals surface area contributed by atoms with Gasteiger partial charge in [-0.15, -0.1) is 0 Å². The van der Waals surface area contributed by atoms with E-state index in [1.165, 1.54) is 88.3 Å². The van der Waals surface area contributed by atoms with Gasteiger partial charge in [-0.25, -0.2) is 8.78 Å². The minimum atomic E-state index is -0.527. The Balaban J connectivity index is 1.30. The molecule has 1 saturated carbocycles. The Bertz CT molecular complexity index is 1210. The standard InChI is InChI=1S/C33H37ClF2/c1-2-3-4-5-6-7-24-8-10-25(11-9-24)12-13-26-15-20-30-29(22-26)19-18-28(33(30)36)17-14-27-16-21-31(34)32(35)23-27/h15-16,18-25H,2-13H2,1H3. The van der Waals surface area contributed by atoms with Crippen molar-refractivity contribution in [2.75, 3.05) is 0 Å². The highest BCUT2D eigenvalue weighted by Crippen LogP contribution is 2.34. The van der Waals surface area contributed by atoms with E-state index < -0.39 is 5.82 Å². The topological polar surface area (TPSA) is 0 Å². The number of halogens is 3. The van der Waals surface area contributed by atoms with E-state index in [1.54, 1.807) is 12.1 Å². The van der Waals surface area contributed by atoms with Gasteiger partial charge in [0.2, 0.25) is 0 Å². The molecule has 0 aliphatic heterocycles. The fourth-order valence-corrected chi connectivity index (χ4v) is 5.64. The molecule has 1 aliphatic carbocycles. The molecule has 0 heterocycles. The lowest BCUT2D eigenvalue weighted by atomic mass is 9.77. The largest absolute Gasteiger partial charge is 0.205 e. The maximum absolute atomic E-state index is 15.1.